The first-order valence-electron chi connectivity index (χ1n) is 4.38. The van der Waals surface area contributed by atoms with Crippen LogP contribution in [0, 0.1) is 0 Å². The summed E-state index contributed by atoms with van der Waals surface area (Å²) in [5, 5.41) is 0. The summed E-state index contributed by atoms with van der Waals surface area (Å²) >= 11 is 0. The Morgan fingerprint density at radius 2 is 1.85 bits per heavy atom. The zero-order valence-electron chi connectivity index (χ0n) is 8.41. The third kappa shape index (κ3) is 3.47. The van der Waals surface area contributed by atoms with Gasteiger partial charge in [-0.05, 0) is 33.0 Å². The van der Waals surface area contributed by atoms with Crippen molar-refractivity contribution in [1.82, 2.24) is 0 Å². The maximum Gasteiger partial charge on any atom is 0.213 e. The zero-order valence-corrected chi connectivity index (χ0v) is 9.41. The third-order valence-corrected chi connectivity index (χ3v) is 3.04. The molecule has 0 atom stereocenters. The molecule has 0 spiro atoms. The van der Waals surface area contributed by atoms with Crippen molar-refractivity contribution in [3.05, 3.63) is 41.6 Å². The molecule has 1 aromatic carbocycles. The summed E-state index contributed by atoms with van der Waals surface area (Å²) in [5.41, 5.74) is 4.91. The van der Waals surface area contributed by atoms with Crippen molar-refractivity contribution in [2.24, 2.45) is 0 Å². The normalized spacial score (nSPS) is 9.46. The second kappa shape index (κ2) is 4.87. The van der Waals surface area contributed by atoms with E-state index in [1.54, 1.807) is 0 Å². The molecule has 0 fully saturated rings. The van der Waals surface area contributed by atoms with Crippen molar-refractivity contribution >= 4 is 15.4 Å². The summed E-state index contributed by atoms with van der Waals surface area (Å²) in [7, 11) is 2.85. The van der Waals surface area contributed by atoms with Crippen LogP contribution in [-0.4, -0.2) is 16.7 Å². The van der Waals surface area contributed by atoms with E-state index >= 15 is 0 Å². The minimum absolute atomic E-state index is 0.735. The fraction of sp³-hybridized carbons (Fsp3) is 0.273. The minimum Gasteiger partial charge on any atom is -0.397 e. The lowest BCUT2D eigenvalue weighted by atomic mass is 10.3. The first-order valence-corrected chi connectivity index (χ1v) is 5.41. The third-order valence-electron chi connectivity index (χ3n) is 1.69. The molecule has 13 heavy (non-hydrogen) atoms. The number of benzene rings is 1. The van der Waals surface area contributed by atoms with Crippen LogP contribution >= 0.6 is 0 Å². The monoisotopic (exact) mass is 189 g/mol. The van der Waals surface area contributed by atoms with Gasteiger partial charge in [0.25, 0.3) is 0 Å². The van der Waals surface area contributed by atoms with Crippen LogP contribution in [0.4, 0.5) is 5.69 Å². The van der Waals surface area contributed by atoms with Gasteiger partial charge in [0.2, 0.25) is 9.68 Å². The topological polar surface area (TPSA) is 3.24 Å². The van der Waals surface area contributed by atoms with Crippen LogP contribution in [0.2, 0.25) is 0 Å². The predicted octanol–water partition coefficient (Wildman–Crippen LogP) is 2.67. The number of rotatable bonds is 3. The van der Waals surface area contributed by atoms with Crippen molar-refractivity contribution in [3.8, 4) is 0 Å². The Hall–Kier alpha value is -1.02. The van der Waals surface area contributed by atoms with Gasteiger partial charge in [0.1, 0.15) is 0 Å². The number of nitrogens with zero attached hydrogens (tertiary/aromatic N) is 1. The summed E-state index contributed by atoms with van der Waals surface area (Å²) in [6, 6.07) is 10.4. The van der Waals surface area contributed by atoms with Crippen LogP contribution in [-0.2, 0) is 0 Å². The second-order valence-corrected chi connectivity index (χ2v) is 4.46. The molecular weight excluding hydrogens is 174 g/mol. The van der Waals surface area contributed by atoms with Gasteiger partial charge in [-0.3, -0.25) is 0 Å². The van der Waals surface area contributed by atoms with Gasteiger partial charge < -0.3 is 4.57 Å². The highest BCUT2D eigenvalue weighted by atomic mass is 28.2. The Morgan fingerprint density at radius 1 is 1.23 bits per heavy atom. The SMILES string of the molecule is CC(C)=C[Si]N(C)c1ccccc1. The highest BCUT2D eigenvalue weighted by molar-refractivity contribution is 6.47. The lowest BCUT2D eigenvalue weighted by Crippen LogP contribution is -2.20. The van der Waals surface area contributed by atoms with E-state index < -0.39 is 0 Å². The van der Waals surface area contributed by atoms with Crippen LogP contribution in [0.1, 0.15) is 13.8 Å². The molecule has 0 aliphatic heterocycles. The maximum absolute atomic E-state index is 2.26. The van der Waals surface area contributed by atoms with Gasteiger partial charge in [0.05, 0.1) is 0 Å². The molecule has 0 saturated heterocycles. The van der Waals surface area contributed by atoms with Crippen LogP contribution in [0.15, 0.2) is 41.6 Å². The molecule has 0 saturated carbocycles. The Kier molecular flexibility index (Phi) is 3.77. The van der Waals surface area contributed by atoms with Gasteiger partial charge in [-0.2, -0.15) is 0 Å². The van der Waals surface area contributed by atoms with E-state index in [1.165, 1.54) is 11.3 Å². The Bertz CT molecular complexity index is 275. The maximum atomic E-state index is 2.26. The first-order chi connectivity index (χ1) is 6.20. The van der Waals surface area contributed by atoms with Crippen molar-refractivity contribution in [2.45, 2.75) is 13.8 Å². The molecule has 0 unspecified atom stereocenters. The molecule has 0 aliphatic rings. The molecule has 1 rings (SSSR count). The number of para-hydroxylation sites is 1. The molecule has 0 aliphatic carbocycles. The number of hydrogen-bond donors (Lipinski definition) is 0. The smallest absolute Gasteiger partial charge is 0.213 e. The van der Waals surface area contributed by atoms with E-state index in [0.717, 1.165) is 9.68 Å². The lowest BCUT2D eigenvalue weighted by molar-refractivity contribution is 1.32. The summed E-state index contributed by atoms with van der Waals surface area (Å²) in [6.07, 6.45) is 0. The molecule has 1 aromatic rings. The molecule has 0 heterocycles. The second-order valence-electron chi connectivity index (χ2n) is 3.25. The van der Waals surface area contributed by atoms with Crippen molar-refractivity contribution in [1.29, 1.82) is 0 Å². The van der Waals surface area contributed by atoms with Crippen LogP contribution < -0.4 is 4.57 Å². The van der Waals surface area contributed by atoms with E-state index in [-0.39, 0.29) is 0 Å². The zero-order chi connectivity index (χ0) is 9.68. The molecule has 2 heteroatoms. The lowest BCUT2D eigenvalue weighted by Gasteiger charge is -2.15. The van der Waals surface area contributed by atoms with Gasteiger partial charge >= 0.3 is 0 Å². The van der Waals surface area contributed by atoms with E-state index in [0.29, 0.717) is 0 Å². The fourth-order valence-corrected chi connectivity index (χ4v) is 1.70. The molecule has 0 aromatic heterocycles. The average molecular weight is 189 g/mol. The number of allylic oxidation sites excluding steroid dienone is 1. The molecular formula is C11H15NSi. The highest BCUT2D eigenvalue weighted by Gasteiger charge is 1.97. The number of anilines is 1. The fourth-order valence-electron chi connectivity index (χ4n) is 0.952. The number of hydrogen-bond acceptors (Lipinski definition) is 1. The van der Waals surface area contributed by atoms with Crippen LogP contribution in [0.3, 0.4) is 0 Å². The summed E-state index contributed by atoms with van der Waals surface area (Å²) in [6.45, 7) is 4.26. The molecule has 68 valence electrons. The van der Waals surface area contributed by atoms with E-state index in [1.807, 2.05) is 6.07 Å². The molecule has 0 bridgehead atoms. The van der Waals surface area contributed by atoms with E-state index in [2.05, 4.69) is 55.4 Å². The summed E-state index contributed by atoms with van der Waals surface area (Å²) in [4.78, 5) is 0. The van der Waals surface area contributed by atoms with Crippen LogP contribution in [0.25, 0.3) is 0 Å². The van der Waals surface area contributed by atoms with Gasteiger partial charge in [0, 0.05) is 5.69 Å². The van der Waals surface area contributed by atoms with Gasteiger partial charge in [0.15, 0.2) is 0 Å². The highest BCUT2D eigenvalue weighted by Crippen LogP contribution is 2.09. The minimum atomic E-state index is 0.735. The Labute approximate surface area is 83.0 Å². The van der Waals surface area contributed by atoms with Crippen LogP contribution in [0.5, 0.6) is 0 Å². The largest absolute Gasteiger partial charge is 0.397 e. The molecule has 2 radical (unpaired) electrons. The van der Waals surface area contributed by atoms with Gasteiger partial charge in [-0.15, -0.1) is 0 Å². The van der Waals surface area contributed by atoms with E-state index in [9.17, 15) is 0 Å². The predicted molar refractivity (Wildman–Crippen MR) is 60.0 cm³/mol. The van der Waals surface area contributed by atoms with Crippen molar-refractivity contribution < 1.29 is 0 Å². The average Bonchev–Trinajstić information content (AvgIpc) is 2.15. The van der Waals surface area contributed by atoms with Gasteiger partial charge in [-0.1, -0.05) is 29.5 Å². The van der Waals surface area contributed by atoms with Crippen molar-refractivity contribution in [3.63, 3.8) is 0 Å². The van der Waals surface area contributed by atoms with Crippen molar-refractivity contribution in [2.75, 3.05) is 11.6 Å². The quantitative estimate of drug-likeness (QED) is 0.661. The van der Waals surface area contributed by atoms with E-state index in [4.69, 9.17) is 0 Å². The molecule has 0 amide bonds. The standard InChI is InChI=1S/C11H15NSi/c1-10(2)9-13-12(3)11-7-5-4-6-8-11/h4-9H,1-3H3. The van der Waals surface area contributed by atoms with Gasteiger partial charge in [-0.25, -0.2) is 0 Å². The summed E-state index contributed by atoms with van der Waals surface area (Å²) in [5.74, 6) is 0. The molecule has 1 nitrogen and oxygen atoms in total. The summed E-state index contributed by atoms with van der Waals surface area (Å²) < 4.78 is 2.26. The first kappa shape index (κ1) is 10.1. The Morgan fingerprint density at radius 3 is 2.38 bits per heavy atom. The Balaban J connectivity index is 2.59. The molecule has 0 N–H and O–H groups in total.